The third kappa shape index (κ3) is 41.7. The highest BCUT2D eigenvalue weighted by molar-refractivity contribution is 7.46. The zero-order chi connectivity index (χ0) is 40.5. The summed E-state index contributed by atoms with van der Waals surface area (Å²) in [5, 5.41) is 10.2. The van der Waals surface area contributed by atoms with Crippen LogP contribution in [0.1, 0.15) is 136 Å². The van der Waals surface area contributed by atoms with Crippen LogP contribution in [-0.2, 0) is 28.2 Å². The maximum absolute atomic E-state index is 12.4. The van der Waals surface area contributed by atoms with E-state index < -0.39 is 38.6 Å². The lowest BCUT2D eigenvalue weighted by Gasteiger charge is -2.18. The fourth-order valence-electron chi connectivity index (χ4n) is 4.85. The van der Waals surface area contributed by atoms with Crippen LogP contribution >= 0.6 is 7.82 Å². The lowest BCUT2D eigenvalue weighted by atomic mass is 10.1. The summed E-state index contributed by atoms with van der Waals surface area (Å²) in [4.78, 5) is 42.8. The van der Waals surface area contributed by atoms with Gasteiger partial charge in [-0.2, -0.15) is 0 Å². The van der Waals surface area contributed by atoms with Gasteiger partial charge < -0.3 is 24.4 Å². The van der Waals surface area contributed by atoms with E-state index in [2.05, 4.69) is 103 Å². The molecule has 0 aliphatic carbocycles. The Morgan fingerprint density at radius 2 is 1.09 bits per heavy atom. The Morgan fingerprint density at radius 1 is 0.582 bits per heavy atom. The van der Waals surface area contributed by atoms with Gasteiger partial charge in [0, 0.05) is 12.8 Å². The number of carbonyl (C=O) groups excluding carboxylic acids is 2. The molecule has 0 aliphatic rings. The summed E-state index contributed by atoms with van der Waals surface area (Å²) in [6.45, 7) is 3.33. The van der Waals surface area contributed by atoms with Crippen molar-refractivity contribution in [3.8, 4) is 0 Å². The van der Waals surface area contributed by atoms with Crippen LogP contribution in [0.3, 0.4) is 0 Å². The molecule has 3 N–H and O–H groups in total. The molecule has 0 rings (SSSR count). The Hall–Kier alpha value is -3.33. The molecule has 0 amide bonds. The quantitative estimate of drug-likeness (QED) is 0.0188. The Balaban J connectivity index is 4.23. The zero-order valence-electron chi connectivity index (χ0n) is 33.6. The second-order valence-corrected chi connectivity index (χ2v) is 14.3. The summed E-state index contributed by atoms with van der Waals surface area (Å²) in [6, 6.07) is 0. The van der Waals surface area contributed by atoms with Crippen molar-refractivity contribution in [1.29, 1.82) is 0 Å². The predicted molar refractivity (Wildman–Crippen MR) is 226 cm³/mol. The number of aliphatic hydroxyl groups is 1. The van der Waals surface area contributed by atoms with Gasteiger partial charge in [-0.1, -0.05) is 142 Å². The van der Waals surface area contributed by atoms with Crippen LogP contribution in [0.25, 0.3) is 0 Å². The number of unbranched alkanes of at least 4 members (excludes halogenated alkanes) is 6. The maximum atomic E-state index is 12.4. The van der Waals surface area contributed by atoms with Crippen LogP contribution in [0.15, 0.2) is 109 Å². The molecule has 0 spiro atoms. The molecule has 0 fully saturated rings. The average Bonchev–Trinajstić information content (AvgIpc) is 3.15. The van der Waals surface area contributed by atoms with E-state index in [0.29, 0.717) is 19.3 Å². The van der Waals surface area contributed by atoms with Crippen LogP contribution in [0.2, 0.25) is 0 Å². The molecule has 310 valence electrons. The van der Waals surface area contributed by atoms with E-state index in [1.165, 1.54) is 25.7 Å². The van der Waals surface area contributed by atoms with Gasteiger partial charge in [-0.15, -0.1) is 0 Å². The number of hydrogen-bond acceptors (Lipinski definition) is 7. The van der Waals surface area contributed by atoms with Gasteiger partial charge >= 0.3 is 19.8 Å². The summed E-state index contributed by atoms with van der Waals surface area (Å²) in [7, 11) is -4.82. The molecule has 9 nitrogen and oxygen atoms in total. The lowest BCUT2D eigenvalue weighted by molar-refractivity contribution is -0.161. The summed E-state index contributed by atoms with van der Waals surface area (Å²) in [6.07, 6.45) is 51.2. The van der Waals surface area contributed by atoms with Crippen molar-refractivity contribution in [3.63, 3.8) is 0 Å². The Kier molecular flexibility index (Phi) is 36.6. The Bertz CT molecular complexity index is 1270. The number of carbonyl (C=O) groups is 2. The third-order valence-electron chi connectivity index (χ3n) is 7.88. The highest BCUT2D eigenvalue weighted by atomic mass is 31.2. The summed E-state index contributed by atoms with van der Waals surface area (Å²) in [5.41, 5.74) is 0. The van der Waals surface area contributed by atoms with Crippen LogP contribution < -0.4 is 0 Å². The second-order valence-electron chi connectivity index (χ2n) is 13.1. The third-order valence-corrected chi connectivity index (χ3v) is 8.36. The van der Waals surface area contributed by atoms with Gasteiger partial charge in [0.2, 0.25) is 0 Å². The molecule has 0 aromatic heterocycles. The molecule has 55 heavy (non-hydrogen) atoms. The number of ether oxygens (including phenoxy) is 2. The highest BCUT2D eigenvalue weighted by Crippen LogP contribution is 2.36. The monoisotopic (exact) mass is 786 g/mol. The smallest absolute Gasteiger partial charge is 0.462 e. The molecule has 0 aromatic carbocycles. The molecule has 0 aliphatic heterocycles. The maximum Gasteiger partial charge on any atom is 0.469 e. The van der Waals surface area contributed by atoms with Crippen molar-refractivity contribution >= 4 is 19.8 Å². The standard InChI is InChI=1S/C45H71O9P/c1-3-5-7-9-11-13-15-17-18-19-20-21-22-24-26-28-30-32-34-38-44(47)52-40-43(41-53-55(49,50)51)54-45(48)39-35-37-42(46)36-33-31-29-27-25-23-16-14-12-10-8-6-4-2/h6,8,11-14,17-18,20-21,23-26,29,31,33,36,42-43,46H,3-5,7,9-10,15-16,19,22,27-28,30,32,34-35,37-41H2,1-2H3,(H2,49,50,51)/b8-6-,13-11-,14-12-,18-17-,21-20-,25-23-,26-24-,31-29-,36-33+/t42?,43-/m1/s1. The second kappa shape index (κ2) is 38.9. The van der Waals surface area contributed by atoms with E-state index in [1.54, 1.807) is 12.2 Å². The van der Waals surface area contributed by atoms with Gasteiger partial charge in [0.05, 0.1) is 12.7 Å². The number of aliphatic hydroxyl groups excluding tert-OH is 1. The van der Waals surface area contributed by atoms with Gasteiger partial charge in [0.1, 0.15) is 6.61 Å². The van der Waals surface area contributed by atoms with Crippen LogP contribution in [0.5, 0.6) is 0 Å². The van der Waals surface area contributed by atoms with Crippen LogP contribution in [0.4, 0.5) is 0 Å². The van der Waals surface area contributed by atoms with Crippen molar-refractivity contribution in [2.45, 2.75) is 148 Å². The zero-order valence-corrected chi connectivity index (χ0v) is 34.5. The SMILES string of the molecule is CC/C=C\C/C=C\C/C=C\C/C=C\C=C\C(O)CCCC(=O)O[C@H](COC(=O)CCCCC/C=C\C/C=C\C/C=C\C/C=C\CCCCC)COP(=O)(O)O. The first kappa shape index (κ1) is 51.7. The molecular weight excluding hydrogens is 715 g/mol. The van der Waals surface area contributed by atoms with Gasteiger partial charge in [0.25, 0.3) is 0 Å². The van der Waals surface area contributed by atoms with Crippen molar-refractivity contribution < 1.29 is 43.0 Å². The molecule has 2 atom stereocenters. The average molecular weight is 787 g/mol. The fourth-order valence-corrected chi connectivity index (χ4v) is 5.21. The van der Waals surface area contributed by atoms with Crippen LogP contribution in [-0.4, -0.2) is 52.3 Å². The van der Waals surface area contributed by atoms with Gasteiger partial charge in [0.15, 0.2) is 6.10 Å². The fraction of sp³-hybridized carbons (Fsp3) is 0.556. The Labute approximate surface area is 332 Å². The first-order valence-corrected chi connectivity index (χ1v) is 21.8. The predicted octanol–water partition coefficient (Wildman–Crippen LogP) is 11.4. The molecule has 0 bridgehead atoms. The number of rotatable bonds is 35. The minimum Gasteiger partial charge on any atom is -0.462 e. The number of phosphoric ester groups is 1. The van der Waals surface area contributed by atoms with E-state index in [1.807, 2.05) is 12.2 Å². The number of esters is 2. The van der Waals surface area contributed by atoms with Gasteiger partial charge in [-0.3, -0.25) is 14.1 Å². The summed E-state index contributed by atoms with van der Waals surface area (Å²) in [5.74, 6) is -1.14. The van der Waals surface area contributed by atoms with Crippen LogP contribution in [0, 0.1) is 0 Å². The topological polar surface area (TPSA) is 140 Å². The molecule has 0 radical (unpaired) electrons. The number of phosphoric acid groups is 1. The molecule has 0 aromatic rings. The largest absolute Gasteiger partial charge is 0.469 e. The van der Waals surface area contributed by atoms with Gasteiger partial charge in [-0.05, 0) is 89.9 Å². The normalized spacial score (nSPS) is 14.2. The first-order chi connectivity index (χ1) is 26.7. The molecular formula is C45H71O9P. The van der Waals surface area contributed by atoms with E-state index in [-0.39, 0.29) is 19.4 Å². The van der Waals surface area contributed by atoms with Crippen molar-refractivity contribution in [2.75, 3.05) is 13.2 Å². The van der Waals surface area contributed by atoms with E-state index in [0.717, 1.165) is 64.2 Å². The summed E-state index contributed by atoms with van der Waals surface area (Å²) < 4.78 is 26.2. The minimum absolute atomic E-state index is 0.0331. The van der Waals surface area contributed by atoms with Crippen molar-refractivity contribution in [2.24, 2.45) is 0 Å². The lowest BCUT2D eigenvalue weighted by Crippen LogP contribution is -2.29. The first-order valence-electron chi connectivity index (χ1n) is 20.3. The van der Waals surface area contributed by atoms with Crippen molar-refractivity contribution in [1.82, 2.24) is 0 Å². The van der Waals surface area contributed by atoms with E-state index >= 15 is 0 Å². The van der Waals surface area contributed by atoms with E-state index in [9.17, 15) is 19.3 Å². The molecule has 0 saturated heterocycles. The molecule has 1 unspecified atom stereocenters. The minimum atomic E-state index is -4.82. The highest BCUT2D eigenvalue weighted by Gasteiger charge is 2.23. The molecule has 0 heterocycles. The summed E-state index contributed by atoms with van der Waals surface area (Å²) >= 11 is 0. The van der Waals surface area contributed by atoms with E-state index in [4.69, 9.17) is 19.3 Å². The molecule has 0 saturated carbocycles. The number of hydrogen-bond donors (Lipinski definition) is 3. The number of allylic oxidation sites excluding steroid dienone is 17. The van der Waals surface area contributed by atoms with Crippen molar-refractivity contribution in [3.05, 3.63) is 109 Å². The molecule has 10 heteroatoms. The van der Waals surface area contributed by atoms with Gasteiger partial charge in [-0.25, -0.2) is 4.57 Å². The Morgan fingerprint density at radius 3 is 1.64 bits per heavy atom.